The highest BCUT2D eigenvalue weighted by Gasteiger charge is 2.04. The van der Waals surface area contributed by atoms with Crippen LogP contribution in [0.15, 0.2) is 29.4 Å². The normalized spacial score (nSPS) is 11.0. The molecule has 0 radical (unpaired) electrons. The number of thiazole rings is 1. The van der Waals surface area contributed by atoms with E-state index in [9.17, 15) is 0 Å². The molecule has 0 atom stereocenters. The number of hydrogen-bond donors (Lipinski definition) is 2. The van der Waals surface area contributed by atoms with Crippen molar-refractivity contribution in [3.05, 3.63) is 45.7 Å². The number of aryl methyl sites for hydroxylation is 2. The van der Waals surface area contributed by atoms with Gasteiger partial charge in [-0.2, -0.15) is 0 Å². The van der Waals surface area contributed by atoms with E-state index in [-0.39, 0.29) is 24.0 Å². The molecule has 2 N–H and O–H groups in total. The molecule has 0 aliphatic heterocycles. The van der Waals surface area contributed by atoms with E-state index in [0.717, 1.165) is 41.9 Å². The second kappa shape index (κ2) is 10.5. The van der Waals surface area contributed by atoms with Crippen LogP contribution in [0.2, 0.25) is 0 Å². The Morgan fingerprint density at radius 3 is 2.70 bits per heavy atom. The second-order valence-electron chi connectivity index (χ2n) is 4.93. The maximum absolute atomic E-state index is 4.63. The largest absolute Gasteiger partial charge is 0.357 e. The van der Waals surface area contributed by atoms with Gasteiger partial charge in [-0.25, -0.2) is 9.98 Å². The molecule has 0 saturated carbocycles. The van der Waals surface area contributed by atoms with Gasteiger partial charge in [-0.05, 0) is 32.9 Å². The zero-order chi connectivity index (χ0) is 15.8. The van der Waals surface area contributed by atoms with E-state index in [0.29, 0.717) is 6.54 Å². The monoisotopic (exact) mass is 445 g/mol. The zero-order valence-electron chi connectivity index (χ0n) is 13.8. The zero-order valence-corrected chi connectivity index (χ0v) is 16.9. The minimum atomic E-state index is 0. The summed E-state index contributed by atoms with van der Waals surface area (Å²) in [7, 11) is 0. The topological polar surface area (TPSA) is 62.2 Å². The van der Waals surface area contributed by atoms with E-state index in [1.807, 2.05) is 38.2 Å². The van der Waals surface area contributed by atoms with Crippen molar-refractivity contribution in [3.8, 4) is 0 Å². The van der Waals surface area contributed by atoms with E-state index in [1.54, 1.807) is 11.3 Å². The molecule has 0 amide bonds. The first kappa shape index (κ1) is 19.8. The van der Waals surface area contributed by atoms with E-state index in [1.165, 1.54) is 4.88 Å². The minimum absolute atomic E-state index is 0. The first-order valence-corrected chi connectivity index (χ1v) is 8.35. The molecular weight excluding hydrogens is 421 g/mol. The Morgan fingerprint density at radius 2 is 2.09 bits per heavy atom. The summed E-state index contributed by atoms with van der Waals surface area (Å²) in [6.07, 6.45) is 2.70. The van der Waals surface area contributed by atoms with Crippen molar-refractivity contribution >= 4 is 41.3 Å². The summed E-state index contributed by atoms with van der Waals surface area (Å²) < 4.78 is 0. The molecule has 0 fully saturated rings. The maximum atomic E-state index is 4.63. The molecule has 2 aromatic rings. The number of hydrogen-bond acceptors (Lipinski definition) is 4. The minimum Gasteiger partial charge on any atom is -0.357 e. The average Bonchev–Trinajstić information content (AvgIpc) is 2.84. The number of halogens is 1. The molecule has 0 spiro atoms. The van der Waals surface area contributed by atoms with Crippen molar-refractivity contribution in [2.45, 2.75) is 33.7 Å². The van der Waals surface area contributed by atoms with E-state index in [4.69, 9.17) is 0 Å². The van der Waals surface area contributed by atoms with Crippen molar-refractivity contribution in [1.82, 2.24) is 20.6 Å². The lowest BCUT2D eigenvalue weighted by Crippen LogP contribution is -2.38. The molecule has 2 aromatic heterocycles. The van der Waals surface area contributed by atoms with Crippen molar-refractivity contribution in [2.24, 2.45) is 4.99 Å². The van der Waals surface area contributed by atoms with Gasteiger partial charge in [0, 0.05) is 36.3 Å². The van der Waals surface area contributed by atoms with Gasteiger partial charge < -0.3 is 10.6 Å². The van der Waals surface area contributed by atoms with Crippen molar-refractivity contribution in [1.29, 1.82) is 0 Å². The fraction of sp³-hybridized carbons (Fsp3) is 0.438. The third-order valence-corrected chi connectivity index (χ3v) is 4.18. The van der Waals surface area contributed by atoms with Crippen LogP contribution in [0.1, 0.15) is 28.2 Å². The third kappa shape index (κ3) is 6.82. The molecular formula is C16H24IN5S. The van der Waals surface area contributed by atoms with Crippen LogP contribution >= 0.6 is 35.3 Å². The second-order valence-corrected chi connectivity index (χ2v) is 6.22. The molecule has 0 bridgehead atoms. The molecule has 0 aromatic carbocycles. The Balaban J connectivity index is 0.00000264. The number of aliphatic imine (C=N–C) groups is 1. The van der Waals surface area contributed by atoms with Crippen LogP contribution in [0.5, 0.6) is 0 Å². The third-order valence-electron chi connectivity index (χ3n) is 3.12. The van der Waals surface area contributed by atoms with Crippen LogP contribution < -0.4 is 10.6 Å². The van der Waals surface area contributed by atoms with Gasteiger partial charge in [-0.3, -0.25) is 4.98 Å². The Bertz CT molecular complexity index is 612. The van der Waals surface area contributed by atoms with Crippen LogP contribution in [0.25, 0.3) is 0 Å². The number of pyridine rings is 1. The van der Waals surface area contributed by atoms with E-state index >= 15 is 0 Å². The smallest absolute Gasteiger partial charge is 0.191 e. The van der Waals surface area contributed by atoms with Gasteiger partial charge in [-0.1, -0.05) is 6.07 Å². The van der Waals surface area contributed by atoms with Crippen molar-refractivity contribution < 1.29 is 0 Å². The molecule has 23 heavy (non-hydrogen) atoms. The highest BCUT2D eigenvalue weighted by Crippen LogP contribution is 2.17. The molecule has 0 aliphatic carbocycles. The van der Waals surface area contributed by atoms with Crippen LogP contribution in [-0.4, -0.2) is 29.0 Å². The number of aromatic nitrogens is 2. The highest BCUT2D eigenvalue weighted by atomic mass is 127. The number of nitrogens with zero attached hydrogens (tertiary/aromatic N) is 3. The van der Waals surface area contributed by atoms with Crippen LogP contribution in [0.4, 0.5) is 0 Å². The summed E-state index contributed by atoms with van der Waals surface area (Å²) in [5.41, 5.74) is 2.16. The van der Waals surface area contributed by atoms with Gasteiger partial charge in [0.2, 0.25) is 0 Å². The number of rotatable bonds is 6. The predicted octanol–water partition coefficient (Wildman–Crippen LogP) is 3.07. The first-order valence-electron chi connectivity index (χ1n) is 7.54. The Kier molecular flexibility index (Phi) is 9.08. The summed E-state index contributed by atoms with van der Waals surface area (Å²) in [4.78, 5) is 14.6. The molecule has 5 nitrogen and oxygen atoms in total. The van der Waals surface area contributed by atoms with Gasteiger partial charge in [0.1, 0.15) is 0 Å². The lowest BCUT2D eigenvalue weighted by atomic mass is 10.3. The standard InChI is InChI=1S/C16H23N5S.HI/c1-4-17-16(19-10-8-14-7-5-6-9-18-14)20-11-15-12(2)21-13(3)22-15;/h5-7,9H,4,8,10-11H2,1-3H3,(H2,17,19,20);1H. The molecule has 7 heteroatoms. The van der Waals surface area contributed by atoms with Gasteiger partial charge in [0.25, 0.3) is 0 Å². The quantitative estimate of drug-likeness (QED) is 0.408. The molecule has 0 aliphatic rings. The SMILES string of the molecule is CCNC(=NCc1sc(C)nc1C)NCCc1ccccn1.I. The summed E-state index contributed by atoms with van der Waals surface area (Å²) in [5, 5.41) is 7.71. The maximum Gasteiger partial charge on any atom is 0.191 e. The fourth-order valence-electron chi connectivity index (χ4n) is 2.07. The van der Waals surface area contributed by atoms with Crippen molar-refractivity contribution in [2.75, 3.05) is 13.1 Å². The first-order chi connectivity index (χ1) is 10.7. The predicted molar refractivity (Wildman–Crippen MR) is 108 cm³/mol. The number of guanidine groups is 1. The summed E-state index contributed by atoms with van der Waals surface area (Å²) in [6, 6.07) is 5.98. The molecule has 2 rings (SSSR count). The summed E-state index contributed by atoms with van der Waals surface area (Å²) >= 11 is 1.71. The molecule has 126 valence electrons. The summed E-state index contributed by atoms with van der Waals surface area (Å²) in [5.74, 6) is 0.837. The molecule has 0 unspecified atom stereocenters. The van der Waals surface area contributed by atoms with E-state index in [2.05, 4.69) is 32.5 Å². The lowest BCUT2D eigenvalue weighted by molar-refractivity contribution is 0.789. The highest BCUT2D eigenvalue weighted by molar-refractivity contribution is 14.0. The fourth-order valence-corrected chi connectivity index (χ4v) is 2.93. The Morgan fingerprint density at radius 1 is 1.26 bits per heavy atom. The number of nitrogens with one attached hydrogen (secondary N) is 2. The molecule has 0 saturated heterocycles. The van der Waals surface area contributed by atoms with Crippen molar-refractivity contribution in [3.63, 3.8) is 0 Å². The van der Waals surface area contributed by atoms with Gasteiger partial charge in [0.15, 0.2) is 5.96 Å². The van der Waals surface area contributed by atoms with Crippen LogP contribution in [0.3, 0.4) is 0 Å². The Labute approximate surface area is 159 Å². The van der Waals surface area contributed by atoms with E-state index < -0.39 is 0 Å². The van der Waals surface area contributed by atoms with Gasteiger partial charge in [-0.15, -0.1) is 35.3 Å². The van der Waals surface area contributed by atoms with Crippen LogP contribution in [-0.2, 0) is 13.0 Å². The summed E-state index contributed by atoms with van der Waals surface area (Å²) in [6.45, 7) is 8.45. The molecule has 2 heterocycles. The van der Waals surface area contributed by atoms with Gasteiger partial charge >= 0.3 is 0 Å². The van der Waals surface area contributed by atoms with Crippen LogP contribution in [0, 0.1) is 13.8 Å². The van der Waals surface area contributed by atoms with Gasteiger partial charge in [0.05, 0.1) is 17.2 Å². The Hall–Kier alpha value is -1.22. The average molecular weight is 445 g/mol. The lowest BCUT2D eigenvalue weighted by Gasteiger charge is -2.10.